The molecule has 0 aromatic carbocycles. The topological polar surface area (TPSA) is 83.5 Å². The van der Waals surface area contributed by atoms with Crippen LogP contribution in [0.2, 0.25) is 0 Å². The lowest BCUT2D eigenvalue weighted by atomic mass is 9.87. The molecule has 2 aliphatic heterocycles. The first-order chi connectivity index (χ1) is 19.4. The van der Waals surface area contributed by atoms with Crippen molar-refractivity contribution in [2.24, 2.45) is 17.8 Å². The van der Waals surface area contributed by atoms with Crippen LogP contribution in [0.15, 0.2) is 23.8 Å². The number of rotatable bonds is 16. The number of ether oxygens (including phenoxy) is 5. The minimum Gasteiger partial charge on any atom is -0.469 e. The van der Waals surface area contributed by atoms with Crippen molar-refractivity contribution in [2.75, 3.05) is 20.3 Å². The third-order valence-electron chi connectivity index (χ3n) is 8.68. The SMILES string of the molecule is COC(=O)CCCCCC[C@@H]1[C@@H](/C=C/[C@@H](OC2CCCCO2)C(C)CC=C(C)C)[C@H](OC2CCCCO2)C[C@H]1O. The Labute approximate surface area is 243 Å². The van der Waals surface area contributed by atoms with E-state index in [2.05, 4.69) is 39.0 Å². The molecule has 230 valence electrons. The molecule has 3 fully saturated rings. The van der Waals surface area contributed by atoms with Crippen molar-refractivity contribution in [1.82, 2.24) is 0 Å². The number of aliphatic hydroxyl groups excluding tert-OH is 1. The number of esters is 1. The Kier molecular flexibility index (Phi) is 15.2. The van der Waals surface area contributed by atoms with E-state index in [1.165, 1.54) is 12.7 Å². The molecule has 0 aromatic heterocycles. The molecule has 2 heterocycles. The predicted molar refractivity (Wildman–Crippen MR) is 157 cm³/mol. The quantitative estimate of drug-likeness (QED) is 0.124. The minimum absolute atomic E-state index is 0.0676. The Bertz CT molecular complexity index is 765. The van der Waals surface area contributed by atoms with E-state index in [9.17, 15) is 9.90 Å². The summed E-state index contributed by atoms with van der Waals surface area (Å²) in [6.07, 6.45) is 19.1. The molecular formula is C33H56O7. The van der Waals surface area contributed by atoms with Crippen molar-refractivity contribution in [2.45, 2.75) is 142 Å². The molecule has 0 amide bonds. The fourth-order valence-electron chi connectivity index (χ4n) is 6.17. The van der Waals surface area contributed by atoms with Crippen LogP contribution in [-0.2, 0) is 28.5 Å². The van der Waals surface area contributed by atoms with E-state index in [-0.39, 0.29) is 42.6 Å². The van der Waals surface area contributed by atoms with Crippen LogP contribution in [0.25, 0.3) is 0 Å². The summed E-state index contributed by atoms with van der Waals surface area (Å²) >= 11 is 0. The fourth-order valence-corrected chi connectivity index (χ4v) is 6.17. The first-order valence-electron chi connectivity index (χ1n) is 16.0. The zero-order valence-corrected chi connectivity index (χ0v) is 25.6. The maximum absolute atomic E-state index is 11.4. The smallest absolute Gasteiger partial charge is 0.305 e. The van der Waals surface area contributed by atoms with Crippen LogP contribution in [0.3, 0.4) is 0 Å². The molecule has 1 saturated carbocycles. The number of allylic oxidation sites excluding steroid dienone is 2. The van der Waals surface area contributed by atoms with Crippen LogP contribution in [-0.4, -0.2) is 62.3 Å². The zero-order chi connectivity index (χ0) is 28.7. The van der Waals surface area contributed by atoms with Crippen molar-refractivity contribution < 1.29 is 33.6 Å². The van der Waals surface area contributed by atoms with Gasteiger partial charge < -0.3 is 28.8 Å². The monoisotopic (exact) mass is 564 g/mol. The van der Waals surface area contributed by atoms with Crippen LogP contribution < -0.4 is 0 Å². The summed E-state index contributed by atoms with van der Waals surface area (Å²) in [7, 11) is 1.44. The van der Waals surface area contributed by atoms with Gasteiger partial charge >= 0.3 is 5.97 Å². The second kappa shape index (κ2) is 18.3. The van der Waals surface area contributed by atoms with E-state index in [1.807, 2.05) is 0 Å². The fraction of sp³-hybridized carbons (Fsp3) is 0.848. The maximum atomic E-state index is 11.4. The Morgan fingerprint density at radius 3 is 2.35 bits per heavy atom. The minimum atomic E-state index is -0.401. The van der Waals surface area contributed by atoms with Gasteiger partial charge in [-0.1, -0.05) is 50.0 Å². The number of unbranched alkanes of at least 4 members (excludes halogenated alkanes) is 3. The summed E-state index contributed by atoms with van der Waals surface area (Å²) in [6.45, 7) is 8.03. The van der Waals surface area contributed by atoms with Crippen LogP contribution >= 0.6 is 0 Å². The number of hydrogen-bond acceptors (Lipinski definition) is 7. The largest absolute Gasteiger partial charge is 0.469 e. The van der Waals surface area contributed by atoms with Gasteiger partial charge in [0.2, 0.25) is 0 Å². The van der Waals surface area contributed by atoms with Crippen LogP contribution in [0, 0.1) is 17.8 Å². The maximum Gasteiger partial charge on any atom is 0.305 e. The normalized spacial score (nSPS) is 30.7. The molecule has 0 aromatic rings. The molecule has 7 heteroatoms. The molecule has 0 bridgehead atoms. The number of hydrogen-bond donors (Lipinski definition) is 1. The van der Waals surface area contributed by atoms with Gasteiger partial charge in [-0.05, 0) is 83.5 Å². The molecule has 8 atom stereocenters. The van der Waals surface area contributed by atoms with Gasteiger partial charge in [-0.3, -0.25) is 4.79 Å². The van der Waals surface area contributed by atoms with Gasteiger partial charge in [0, 0.05) is 32.0 Å². The van der Waals surface area contributed by atoms with Crippen LogP contribution in [0.5, 0.6) is 0 Å². The van der Waals surface area contributed by atoms with Gasteiger partial charge in [0.15, 0.2) is 12.6 Å². The first kappa shape index (κ1) is 33.3. The first-order valence-corrected chi connectivity index (χ1v) is 16.0. The van der Waals surface area contributed by atoms with E-state index in [1.54, 1.807) is 0 Å². The van der Waals surface area contributed by atoms with E-state index in [0.29, 0.717) is 18.8 Å². The number of methoxy groups -OCH3 is 1. The van der Waals surface area contributed by atoms with E-state index in [4.69, 9.17) is 23.7 Å². The highest BCUT2D eigenvalue weighted by atomic mass is 16.7. The average molecular weight is 565 g/mol. The molecule has 1 aliphatic carbocycles. The van der Waals surface area contributed by atoms with Gasteiger partial charge in [0.05, 0.1) is 25.4 Å². The molecule has 0 radical (unpaired) electrons. The Morgan fingerprint density at radius 1 is 1.00 bits per heavy atom. The van der Waals surface area contributed by atoms with E-state index < -0.39 is 6.10 Å². The van der Waals surface area contributed by atoms with E-state index in [0.717, 1.165) is 90.3 Å². The lowest BCUT2D eigenvalue weighted by Gasteiger charge is -2.31. The third-order valence-corrected chi connectivity index (χ3v) is 8.68. The van der Waals surface area contributed by atoms with Gasteiger partial charge in [0.1, 0.15) is 0 Å². The summed E-state index contributed by atoms with van der Waals surface area (Å²) in [5, 5.41) is 11.2. The molecular weight excluding hydrogens is 508 g/mol. The molecule has 3 rings (SSSR count). The highest BCUT2D eigenvalue weighted by Gasteiger charge is 2.43. The molecule has 2 saturated heterocycles. The Morgan fingerprint density at radius 2 is 1.70 bits per heavy atom. The summed E-state index contributed by atoms with van der Waals surface area (Å²) in [5.74, 6) is 0.391. The second-order valence-electron chi connectivity index (χ2n) is 12.3. The highest BCUT2D eigenvalue weighted by Crippen LogP contribution is 2.40. The number of aliphatic hydroxyl groups is 1. The summed E-state index contributed by atoms with van der Waals surface area (Å²) in [4.78, 5) is 11.4. The summed E-state index contributed by atoms with van der Waals surface area (Å²) in [5.41, 5.74) is 1.31. The predicted octanol–water partition coefficient (Wildman–Crippen LogP) is 6.87. The van der Waals surface area contributed by atoms with Crippen molar-refractivity contribution in [3.05, 3.63) is 23.8 Å². The number of carbonyl (C=O) groups is 1. The van der Waals surface area contributed by atoms with Gasteiger partial charge in [-0.2, -0.15) is 0 Å². The third kappa shape index (κ3) is 11.6. The van der Waals surface area contributed by atoms with Crippen molar-refractivity contribution in [1.29, 1.82) is 0 Å². The molecule has 3 unspecified atom stereocenters. The molecule has 7 nitrogen and oxygen atoms in total. The van der Waals surface area contributed by atoms with E-state index >= 15 is 0 Å². The Hall–Kier alpha value is -1.25. The van der Waals surface area contributed by atoms with Crippen molar-refractivity contribution in [3.8, 4) is 0 Å². The molecule has 1 N–H and O–H groups in total. The molecule has 3 aliphatic rings. The second-order valence-corrected chi connectivity index (χ2v) is 12.3. The summed E-state index contributed by atoms with van der Waals surface area (Å²) < 4.78 is 29.7. The van der Waals surface area contributed by atoms with Crippen molar-refractivity contribution in [3.63, 3.8) is 0 Å². The lowest BCUT2D eigenvalue weighted by molar-refractivity contribution is -0.193. The highest BCUT2D eigenvalue weighted by molar-refractivity contribution is 5.68. The van der Waals surface area contributed by atoms with Crippen molar-refractivity contribution >= 4 is 5.97 Å². The van der Waals surface area contributed by atoms with Crippen LogP contribution in [0.4, 0.5) is 0 Å². The summed E-state index contributed by atoms with van der Waals surface area (Å²) in [6, 6.07) is 0. The molecule has 0 spiro atoms. The van der Waals surface area contributed by atoms with Gasteiger partial charge in [-0.25, -0.2) is 0 Å². The number of carbonyl (C=O) groups excluding carboxylic acids is 1. The van der Waals surface area contributed by atoms with Gasteiger partial charge in [0.25, 0.3) is 0 Å². The standard InChI is InChI=1S/C33H56O7/c1-24(2)17-18-25(3)29(39-32-15-9-11-21-37-32)20-19-27-26(13-7-5-6-8-14-31(35)36-4)28(34)23-30(27)40-33-16-10-12-22-38-33/h17,19-20,25-30,32-34H,5-16,18,21-23H2,1-4H3/b20-19+/t25?,26-,27-,28-,29-,30-,32?,33?/m1/s1. The lowest BCUT2D eigenvalue weighted by Crippen LogP contribution is -2.32. The Balaban J connectivity index is 1.68. The zero-order valence-electron chi connectivity index (χ0n) is 25.6. The van der Waals surface area contributed by atoms with Gasteiger partial charge in [-0.15, -0.1) is 0 Å². The molecule has 40 heavy (non-hydrogen) atoms. The van der Waals surface area contributed by atoms with Crippen LogP contribution in [0.1, 0.15) is 111 Å². The average Bonchev–Trinajstić information content (AvgIpc) is 3.25.